The number of H-pyrrole nitrogens is 1. The number of anilines is 1. The Balaban J connectivity index is 2.03. The third kappa shape index (κ3) is 2.17. The Bertz CT molecular complexity index is 712. The zero-order valence-corrected chi connectivity index (χ0v) is 11.3. The van der Waals surface area contributed by atoms with Gasteiger partial charge in [0.2, 0.25) is 5.95 Å². The van der Waals surface area contributed by atoms with Crippen LogP contribution in [0.5, 0.6) is 0 Å². The van der Waals surface area contributed by atoms with E-state index in [1.165, 1.54) is 18.0 Å². The van der Waals surface area contributed by atoms with Gasteiger partial charge < -0.3 is 26.0 Å². The number of aromatic nitrogens is 4. The summed E-state index contributed by atoms with van der Waals surface area (Å²) >= 11 is 0. The molecule has 3 heterocycles. The highest BCUT2D eigenvalue weighted by atomic mass is 16.6. The van der Waals surface area contributed by atoms with E-state index < -0.39 is 30.0 Å². The molecule has 10 heteroatoms. The van der Waals surface area contributed by atoms with Crippen molar-refractivity contribution in [3.63, 3.8) is 0 Å². The number of nitrogens with one attached hydrogen (secondary N) is 1. The van der Waals surface area contributed by atoms with Crippen molar-refractivity contribution in [2.24, 2.45) is 5.73 Å². The zero-order chi connectivity index (χ0) is 15.1. The first kappa shape index (κ1) is 13.9. The summed E-state index contributed by atoms with van der Waals surface area (Å²) in [6, 6.07) is -0.619. The molecular weight excluding hydrogens is 280 g/mol. The van der Waals surface area contributed by atoms with Crippen LogP contribution in [0.3, 0.4) is 0 Å². The number of nitrogen functional groups attached to an aromatic ring is 1. The quantitative estimate of drug-likeness (QED) is 0.503. The Labute approximate surface area is 118 Å². The number of hydrogen-bond donors (Lipinski definition) is 4. The van der Waals surface area contributed by atoms with E-state index >= 15 is 0 Å². The molecule has 6 N–H and O–H groups in total. The summed E-state index contributed by atoms with van der Waals surface area (Å²) in [5, 5.41) is 10.2. The number of aliphatic hydroxyl groups excluding tert-OH is 1. The highest BCUT2D eigenvalue weighted by Gasteiger charge is 2.43. The third-order valence-electron chi connectivity index (χ3n) is 3.49. The fraction of sp³-hybridized carbons (Fsp3) is 0.545. The van der Waals surface area contributed by atoms with Crippen LogP contribution < -0.4 is 17.0 Å². The van der Waals surface area contributed by atoms with E-state index in [0.717, 1.165) is 0 Å². The minimum absolute atomic E-state index is 0.0422. The van der Waals surface area contributed by atoms with E-state index in [1.54, 1.807) is 0 Å². The number of aromatic amines is 1. The van der Waals surface area contributed by atoms with E-state index in [0.29, 0.717) is 0 Å². The zero-order valence-electron chi connectivity index (χ0n) is 11.3. The smallest absolute Gasteiger partial charge is 0.280 e. The number of fused-ring (bicyclic) bond motifs is 1. The molecule has 0 aliphatic carbocycles. The summed E-state index contributed by atoms with van der Waals surface area (Å²) in [5.74, 6) is -0.0422. The highest BCUT2D eigenvalue weighted by Crippen LogP contribution is 2.30. The maximum atomic E-state index is 11.7. The molecule has 3 rings (SSSR count). The van der Waals surface area contributed by atoms with E-state index in [1.807, 2.05) is 0 Å². The van der Waals surface area contributed by atoms with Crippen molar-refractivity contribution < 1.29 is 14.6 Å². The molecule has 0 unspecified atom stereocenters. The van der Waals surface area contributed by atoms with Gasteiger partial charge in [-0.1, -0.05) is 0 Å². The summed E-state index contributed by atoms with van der Waals surface area (Å²) in [4.78, 5) is 22.1. The van der Waals surface area contributed by atoms with E-state index in [2.05, 4.69) is 15.0 Å². The molecular formula is C11H16N6O4. The molecule has 0 radical (unpaired) electrons. The van der Waals surface area contributed by atoms with Gasteiger partial charge in [-0.25, -0.2) is 4.98 Å². The molecule has 21 heavy (non-hydrogen) atoms. The molecule has 1 aliphatic heterocycles. The van der Waals surface area contributed by atoms with Crippen LogP contribution in [0.1, 0.15) is 6.23 Å². The Hall–Kier alpha value is -2.01. The van der Waals surface area contributed by atoms with Crippen molar-refractivity contribution in [1.82, 2.24) is 19.5 Å². The molecule has 114 valence electrons. The van der Waals surface area contributed by atoms with Gasteiger partial charge in [-0.05, 0) is 0 Å². The van der Waals surface area contributed by atoms with Gasteiger partial charge in [-0.3, -0.25) is 14.3 Å². The largest absolute Gasteiger partial charge is 0.387 e. The average molecular weight is 296 g/mol. The lowest BCUT2D eigenvalue weighted by atomic mass is 10.1. The molecule has 10 nitrogen and oxygen atoms in total. The number of methoxy groups -OCH3 is 1. The van der Waals surface area contributed by atoms with Gasteiger partial charge in [0.15, 0.2) is 17.4 Å². The van der Waals surface area contributed by atoms with Crippen LogP contribution in [0.2, 0.25) is 0 Å². The van der Waals surface area contributed by atoms with Gasteiger partial charge in [0.05, 0.1) is 19.0 Å². The normalized spacial score (nSPS) is 29.3. The van der Waals surface area contributed by atoms with Gasteiger partial charge in [0, 0.05) is 7.11 Å². The first-order valence-electron chi connectivity index (χ1n) is 6.33. The molecule has 2 aromatic heterocycles. The van der Waals surface area contributed by atoms with Crippen molar-refractivity contribution in [2.45, 2.75) is 24.5 Å². The third-order valence-corrected chi connectivity index (χ3v) is 3.49. The molecule has 1 fully saturated rings. The predicted octanol–water partition coefficient (Wildman–Crippen LogP) is -2.07. The van der Waals surface area contributed by atoms with Crippen LogP contribution in [0.4, 0.5) is 5.95 Å². The van der Waals surface area contributed by atoms with Gasteiger partial charge in [-0.2, -0.15) is 4.98 Å². The molecule has 1 aliphatic rings. The molecule has 0 saturated carbocycles. The number of nitrogens with zero attached hydrogens (tertiary/aromatic N) is 3. The van der Waals surface area contributed by atoms with E-state index in [-0.39, 0.29) is 23.7 Å². The van der Waals surface area contributed by atoms with Crippen LogP contribution in [0.15, 0.2) is 11.1 Å². The predicted molar refractivity (Wildman–Crippen MR) is 72.3 cm³/mol. The van der Waals surface area contributed by atoms with E-state index in [9.17, 15) is 9.90 Å². The van der Waals surface area contributed by atoms with Gasteiger partial charge in [0.1, 0.15) is 12.2 Å². The topological polar surface area (TPSA) is 154 Å². The SMILES string of the molecule is COC[C@H]1O[C@@H](n2cnc3c(=O)[nH]c(N)nc32)[C@H](O)[C@@H]1N. The first-order valence-corrected chi connectivity index (χ1v) is 6.33. The lowest BCUT2D eigenvalue weighted by molar-refractivity contribution is -0.0544. The van der Waals surface area contributed by atoms with Gasteiger partial charge in [0.25, 0.3) is 5.56 Å². The van der Waals surface area contributed by atoms with Crippen molar-refractivity contribution in [3.8, 4) is 0 Å². The number of nitrogens with two attached hydrogens (primary N) is 2. The first-order chi connectivity index (χ1) is 10.0. The van der Waals surface area contributed by atoms with Crippen molar-refractivity contribution >= 4 is 17.1 Å². The van der Waals surface area contributed by atoms with Crippen LogP contribution in [-0.4, -0.2) is 56.6 Å². The van der Waals surface area contributed by atoms with Gasteiger partial charge >= 0.3 is 0 Å². The lowest BCUT2D eigenvalue weighted by Gasteiger charge is -2.16. The molecule has 0 amide bonds. The van der Waals surface area contributed by atoms with Crippen molar-refractivity contribution in [1.29, 1.82) is 0 Å². The van der Waals surface area contributed by atoms with E-state index in [4.69, 9.17) is 20.9 Å². The fourth-order valence-electron chi connectivity index (χ4n) is 2.43. The summed E-state index contributed by atoms with van der Waals surface area (Å²) in [6.07, 6.45) is -0.891. The van der Waals surface area contributed by atoms with Crippen LogP contribution in [-0.2, 0) is 9.47 Å². The maximum absolute atomic E-state index is 11.7. The number of imidazole rings is 1. The maximum Gasteiger partial charge on any atom is 0.280 e. The van der Waals surface area contributed by atoms with Crippen LogP contribution in [0.25, 0.3) is 11.2 Å². The highest BCUT2D eigenvalue weighted by molar-refractivity contribution is 5.70. The second-order valence-corrected chi connectivity index (χ2v) is 4.86. The fourth-order valence-corrected chi connectivity index (χ4v) is 2.43. The molecule has 0 spiro atoms. The second-order valence-electron chi connectivity index (χ2n) is 4.86. The Morgan fingerprint density at radius 3 is 3.10 bits per heavy atom. The van der Waals surface area contributed by atoms with Crippen molar-refractivity contribution in [3.05, 3.63) is 16.7 Å². The summed E-state index contributed by atoms with van der Waals surface area (Å²) in [6.45, 7) is 0.248. The minimum atomic E-state index is -0.982. The number of aliphatic hydroxyl groups is 1. The van der Waals surface area contributed by atoms with Crippen LogP contribution in [0, 0.1) is 0 Å². The standard InChI is InChI=1S/C11H16N6O4/c1-20-2-4-5(12)7(18)10(21-4)17-3-14-6-8(17)15-11(13)16-9(6)19/h3-5,7,10,18H,2,12H2,1H3,(H3,13,15,16,19)/t4-,5-,7-,10-/m1/s1. The Morgan fingerprint density at radius 2 is 2.38 bits per heavy atom. The molecule has 0 aromatic carbocycles. The second kappa shape index (κ2) is 5.07. The Morgan fingerprint density at radius 1 is 1.62 bits per heavy atom. The monoisotopic (exact) mass is 296 g/mol. The summed E-state index contributed by atoms with van der Waals surface area (Å²) in [7, 11) is 1.52. The lowest BCUT2D eigenvalue weighted by Crippen LogP contribution is -2.41. The number of hydrogen-bond acceptors (Lipinski definition) is 8. The number of rotatable bonds is 3. The molecule has 0 bridgehead atoms. The molecule has 2 aromatic rings. The number of ether oxygens (including phenoxy) is 2. The molecule has 1 saturated heterocycles. The Kier molecular flexibility index (Phi) is 3.37. The summed E-state index contributed by atoms with van der Waals surface area (Å²) in [5.41, 5.74) is 11.3. The van der Waals surface area contributed by atoms with Crippen LogP contribution >= 0.6 is 0 Å². The average Bonchev–Trinajstić information content (AvgIpc) is 2.96. The minimum Gasteiger partial charge on any atom is -0.387 e. The summed E-state index contributed by atoms with van der Waals surface area (Å²) < 4.78 is 12.1. The van der Waals surface area contributed by atoms with Crippen molar-refractivity contribution in [2.75, 3.05) is 19.5 Å². The molecule has 4 atom stereocenters. The van der Waals surface area contributed by atoms with Gasteiger partial charge in [-0.15, -0.1) is 0 Å².